The molecule has 0 bridgehead atoms. The summed E-state index contributed by atoms with van der Waals surface area (Å²) in [4.78, 5) is 19.6. The van der Waals surface area contributed by atoms with Gasteiger partial charge in [0.25, 0.3) is 0 Å². The molecule has 0 aliphatic carbocycles. The molecule has 0 saturated carbocycles. The first kappa shape index (κ1) is 14.0. The zero-order chi connectivity index (χ0) is 14.9. The number of hydrogen-bond acceptors (Lipinski definition) is 4. The van der Waals surface area contributed by atoms with Gasteiger partial charge in [0.2, 0.25) is 0 Å². The van der Waals surface area contributed by atoms with Gasteiger partial charge >= 0.3 is 5.97 Å². The van der Waals surface area contributed by atoms with Crippen LogP contribution in [0, 0.1) is 20.8 Å². The molecule has 0 fully saturated rings. The van der Waals surface area contributed by atoms with Crippen LogP contribution in [0.15, 0.2) is 18.3 Å². The summed E-state index contributed by atoms with van der Waals surface area (Å²) in [5.74, 6) is 0.101. The van der Waals surface area contributed by atoms with E-state index in [0.29, 0.717) is 22.8 Å². The monoisotopic (exact) mass is 272 g/mol. The second kappa shape index (κ2) is 5.28. The average Bonchev–Trinajstić information content (AvgIpc) is 2.37. The number of aryl methyl sites for hydroxylation is 3. The number of carboxylic acid groups (broad SMARTS) is 1. The Labute approximate surface area is 117 Å². The first-order valence-corrected chi connectivity index (χ1v) is 6.16. The molecule has 0 radical (unpaired) electrons. The van der Waals surface area contributed by atoms with Gasteiger partial charge in [-0.3, -0.25) is 0 Å². The van der Waals surface area contributed by atoms with Crippen LogP contribution < -0.4 is 4.74 Å². The summed E-state index contributed by atoms with van der Waals surface area (Å²) < 4.78 is 5.41. The summed E-state index contributed by atoms with van der Waals surface area (Å²) >= 11 is 0. The molecule has 0 spiro atoms. The van der Waals surface area contributed by atoms with Gasteiger partial charge in [-0.15, -0.1) is 0 Å². The molecule has 1 N–H and O–H groups in total. The number of hydrogen-bond donors (Lipinski definition) is 1. The number of benzene rings is 1. The van der Waals surface area contributed by atoms with E-state index in [1.807, 2.05) is 26.0 Å². The van der Waals surface area contributed by atoms with Gasteiger partial charge in [-0.2, -0.15) is 0 Å². The molecule has 0 atom stereocenters. The quantitative estimate of drug-likeness (QED) is 0.930. The van der Waals surface area contributed by atoms with Crippen LogP contribution in [0.1, 0.15) is 27.3 Å². The highest BCUT2D eigenvalue weighted by Crippen LogP contribution is 2.34. The van der Waals surface area contributed by atoms with E-state index in [0.717, 1.165) is 11.1 Å². The fourth-order valence-electron chi connectivity index (χ4n) is 2.23. The fraction of sp³-hybridized carbons (Fsp3) is 0.267. The normalized spacial score (nSPS) is 10.4. The molecule has 0 aliphatic rings. The van der Waals surface area contributed by atoms with Crippen LogP contribution in [-0.4, -0.2) is 28.2 Å². The van der Waals surface area contributed by atoms with Crippen LogP contribution in [-0.2, 0) is 0 Å². The number of methoxy groups -OCH3 is 1. The minimum atomic E-state index is -1.05. The number of nitrogens with zero attached hydrogens (tertiary/aromatic N) is 2. The first-order chi connectivity index (χ1) is 9.43. The fourth-order valence-corrected chi connectivity index (χ4v) is 2.23. The maximum Gasteiger partial charge on any atom is 0.339 e. The van der Waals surface area contributed by atoms with Gasteiger partial charge in [0.05, 0.1) is 12.8 Å². The minimum Gasteiger partial charge on any atom is -0.496 e. The summed E-state index contributed by atoms with van der Waals surface area (Å²) in [6, 6.07) is 3.86. The Balaban J connectivity index is 2.80. The van der Waals surface area contributed by atoms with Crippen molar-refractivity contribution in [1.82, 2.24) is 9.97 Å². The van der Waals surface area contributed by atoms with Gasteiger partial charge < -0.3 is 9.84 Å². The molecule has 0 unspecified atom stereocenters. The Kier molecular flexibility index (Phi) is 3.70. The maximum absolute atomic E-state index is 11.4. The van der Waals surface area contributed by atoms with E-state index >= 15 is 0 Å². The third-order valence-corrected chi connectivity index (χ3v) is 3.02. The number of ether oxygens (including phenoxy) is 1. The number of carboxylic acids is 1. The topological polar surface area (TPSA) is 72.3 Å². The Morgan fingerprint density at radius 1 is 1.25 bits per heavy atom. The van der Waals surface area contributed by atoms with Gasteiger partial charge in [-0.25, -0.2) is 14.8 Å². The predicted molar refractivity (Wildman–Crippen MR) is 75.2 cm³/mol. The lowest BCUT2D eigenvalue weighted by atomic mass is 10.00. The number of rotatable bonds is 3. The number of aromatic carboxylic acids is 1. The highest BCUT2D eigenvalue weighted by molar-refractivity contribution is 5.95. The Bertz CT molecular complexity index is 681. The molecule has 1 heterocycles. The van der Waals surface area contributed by atoms with Crippen molar-refractivity contribution in [2.24, 2.45) is 0 Å². The predicted octanol–water partition coefficient (Wildman–Crippen LogP) is 2.78. The number of aromatic nitrogens is 2. The van der Waals surface area contributed by atoms with Gasteiger partial charge in [0, 0.05) is 11.8 Å². The molecule has 5 heteroatoms. The van der Waals surface area contributed by atoms with Crippen LogP contribution in [0.5, 0.6) is 5.75 Å². The van der Waals surface area contributed by atoms with Crippen molar-refractivity contribution < 1.29 is 14.6 Å². The minimum absolute atomic E-state index is 0.0684. The summed E-state index contributed by atoms with van der Waals surface area (Å²) in [7, 11) is 1.57. The average molecular weight is 272 g/mol. The lowest BCUT2D eigenvalue weighted by Gasteiger charge is -2.14. The molecule has 104 valence electrons. The second-order valence-electron chi connectivity index (χ2n) is 4.65. The summed E-state index contributed by atoms with van der Waals surface area (Å²) in [6.07, 6.45) is 1.33. The summed E-state index contributed by atoms with van der Waals surface area (Å²) in [6.45, 7) is 5.60. The van der Waals surface area contributed by atoms with Gasteiger partial charge in [0.15, 0.2) is 0 Å². The SMILES string of the molecule is COc1c(C)cc(C)cc1-c1nc(C)ncc1C(=O)O. The molecule has 1 aromatic heterocycles. The molecule has 5 nitrogen and oxygen atoms in total. The van der Waals surface area contributed by atoms with E-state index in [1.54, 1.807) is 14.0 Å². The molecule has 2 aromatic rings. The van der Waals surface area contributed by atoms with E-state index in [4.69, 9.17) is 4.74 Å². The Hall–Kier alpha value is -2.43. The summed E-state index contributed by atoms with van der Waals surface area (Å²) in [5, 5.41) is 9.30. The molecule has 2 rings (SSSR count). The van der Waals surface area contributed by atoms with Crippen molar-refractivity contribution in [3.8, 4) is 17.0 Å². The zero-order valence-corrected chi connectivity index (χ0v) is 11.9. The molecular formula is C15H16N2O3. The van der Waals surface area contributed by atoms with E-state index in [9.17, 15) is 9.90 Å². The van der Waals surface area contributed by atoms with Crippen molar-refractivity contribution in [2.75, 3.05) is 7.11 Å². The molecule has 20 heavy (non-hydrogen) atoms. The molecule has 0 aliphatic heterocycles. The van der Waals surface area contributed by atoms with Crippen LogP contribution in [0.4, 0.5) is 0 Å². The highest BCUT2D eigenvalue weighted by atomic mass is 16.5. The van der Waals surface area contributed by atoms with E-state index in [1.165, 1.54) is 6.20 Å². The van der Waals surface area contributed by atoms with Gasteiger partial charge in [0.1, 0.15) is 17.1 Å². The third kappa shape index (κ3) is 2.47. The van der Waals surface area contributed by atoms with Crippen LogP contribution in [0.25, 0.3) is 11.3 Å². The maximum atomic E-state index is 11.4. The van der Waals surface area contributed by atoms with Crippen molar-refractivity contribution >= 4 is 5.97 Å². The van der Waals surface area contributed by atoms with Gasteiger partial charge in [-0.1, -0.05) is 6.07 Å². The standard InChI is InChI=1S/C15H16N2O3/c1-8-5-9(2)14(20-4)11(6-8)13-12(15(18)19)7-16-10(3)17-13/h5-7H,1-4H3,(H,18,19). The Morgan fingerprint density at radius 2 is 1.95 bits per heavy atom. The lowest BCUT2D eigenvalue weighted by Crippen LogP contribution is -2.06. The zero-order valence-electron chi connectivity index (χ0n) is 11.9. The largest absolute Gasteiger partial charge is 0.496 e. The van der Waals surface area contributed by atoms with Crippen molar-refractivity contribution in [2.45, 2.75) is 20.8 Å². The molecular weight excluding hydrogens is 256 g/mol. The van der Waals surface area contributed by atoms with E-state index in [2.05, 4.69) is 9.97 Å². The van der Waals surface area contributed by atoms with Crippen LogP contribution in [0.2, 0.25) is 0 Å². The van der Waals surface area contributed by atoms with E-state index < -0.39 is 5.97 Å². The van der Waals surface area contributed by atoms with Crippen molar-refractivity contribution in [3.63, 3.8) is 0 Å². The second-order valence-corrected chi connectivity index (χ2v) is 4.65. The van der Waals surface area contributed by atoms with E-state index in [-0.39, 0.29) is 5.56 Å². The molecule has 1 aromatic carbocycles. The van der Waals surface area contributed by atoms with Crippen LogP contribution >= 0.6 is 0 Å². The first-order valence-electron chi connectivity index (χ1n) is 6.16. The molecule has 0 saturated heterocycles. The van der Waals surface area contributed by atoms with Crippen molar-refractivity contribution in [1.29, 1.82) is 0 Å². The third-order valence-electron chi connectivity index (χ3n) is 3.02. The van der Waals surface area contributed by atoms with Crippen LogP contribution in [0.3, 0.4) is 0 Å². The Morgan fingerprint density at radius 3 is 2.55 bits per heavy atom. The molecule has 0 amide bonds. The smallest absolute Gasteiger partial charge is 0.339 e. The van der Waals surface area contributed by atoms with Gasteiger partial charge in [-0.05, 0) is 38.0 Å². The lowest BCUT2D eigenvalue weighted by molar-refractivity contribution is 0.0697. The summed E-state index contributed by atoms with van der Waals surface area (Å²) in [5.41, 5.74) is 3.08. The number of carbonyl (C=O) groups is 1. The van der Waals surface area contributed by atoms with Crippen molar-refractivity contribution in [3.05, 3.63) is 40.8 Å². The highest BCUT2D eigenvalue weighted by Gasteiger charge is 2.19.